The second-order valence-electron chi connectivity index (χ2n) is 8.18. The van der Waals surface area contributed by atoms with Gasteiger partial charge < -0.3 is 24.3 Å². The van der Waals surface area contributed by atoms with Crippen LogP contribution in [0.15, 0.2) is 63.9 Å². The SMILES string of the molecule is CCOc1cc(C=C2SC(=O)N(CC(=O)Nc3cccc(C)c3)C2=O)ccc1OCc1ccc(C(=O)O)o1. The molecule has 1 fully saturated rings. The number of benzene rings is 2. The molecule has 0 unspecified atom stereocenters. The molecular formula is C27H24N2O8S. The predicted molar refractivity (Wildman–Crippen MR) is 140 cm³/mol. The number of hydrogen-bond acceptors (Lipinski definition) is 8. The zero-order valence-electron chi connectivity index (χ0n) is 20.6. The van der Waals surface area contributed by atoms with E-state index in [1.165, 1.54) is 12.1 Å². The van der Waals surface area contributed by atoms with Crippen molar-refractivity contribution in [3.8, 4) is 11.5 Å². The first-order valence-corrected chi connectivity index (χ1v) is 12.4. The zero-order valence-corrected chi connectivity index (χ0v) is 21.4. The average Bonchev–Trinajstić information content (AvgIpc) is 3.45. The Bertz CT molecular complexity index is 1430. The van der Waals surface area contributed by atoms with Crippen molar-refractivity contribution in [2.24, 2.45) is 0 Å². The highest BCUT2D eigenvalue weighted by atomic mass is 32.2. The van der Waals surface area contributed by atoms with Gasteiger partial charge in [-0.2, -0.15) is 0 Å². The maximum atomic E-state index is 12.9. The molecule has 0 atom stereocenters. The van der Waals surface area contributed by atoms with Crippen molar-refractivity contribution in [2.75, 3.05) is 18.5 Å². The Hall–Kier alpha value is -4.51. The van der Waals surface area contributed by atoms with Crippen molar-refractivity contribution in [3.63, 3.8) is 0 Å². The number of rotatable bonds is 10. The maximum absolute atomic E-state index is 12.9. The number of nitrogens with one attached hydrogen (secondary N) is 1. The fourth-order valence-corrected chi connectivity index (χ4v) is 4.41. The van der Waals surface area contributed by atoms with Gasteiger partial charge in [-0.05, 0) is 79.2 Å². The van der Waals surface area contributed by atoms with E-state index in [1.807, 2.05) is 13.0 Å². The van der Waals surface area contributed by atoms with Gasteiger partial charge in [0.25, 0.3) is 11.1 Å². The lowest BCUT2D eigenvalue weighted by atomic mass is 10.2. The normalized spacial score (nSPS) is 14.2. The smallest absolute Gasteiger partial charge is 0.371 e. The maximum Gasteiger partial charge on any atom is 0.371 e. The minimum atomic E-state index is -1.17. The summed E-state index contributed by atoms with van der Waals surface area (Å²) in [6, 6.07) is 15.0. The summed E-state index contributed by atoms with van der Waals surface area (Å²) in [5, 5.41) is 11.1. The average molecular weight is 537 g/mol. The van der Waals surface area contributed by atoms with Crippen LogP contribution in [0.2, 0.25) is 0 Å². The molecule has 10 nitrogen and oxygen atoms in total. The zero-order chi connectivity index (χ0) is 27.2. The van der Waals surface area contributed by atoms with Gasteiger partial charge in [0, 0.05) is 5.69 Å². The molecule has 1 aliphatic rings. The summed E-state index contributed by atoms with van der Waals surface area (Å²) in [4.78, 5) is 49.8. The van der Waals surface area contributed by atoms with E-state index < -0.39 is 29.6 Å². The standard InChI is InChI=1S/C27H24N2O8S/c1-3-35-22-12-17(7-9-20(22)36-15-19-8-10-21(37-19)26(32)33)13-23-25(31)29(27(34)38-23)14-24(30)28-18-6-4-5-16(2)11-18/h4-13H,3,14-15H2,1-2H3,(H,28,30)(H,32,33). The summed E-state index contributed by atoms with van der Waals surface area (Å²) in [5.41, 5.74) is 2.13. The quantitative estimate of drug-likeness (QED) is 0.345. The molecule has 196 valence electrons. The molecule has 0 bridgehead atoms. The van der Waals surface area contributed by atoms with Gasteiger partial charge in [-0.25, -0.2) is 4.79 Å². The first-order valence-electron chi connectivity index (χ1n) is 11.6. The van der Waals surface area contributed by atoms with Gasteiger partial charge in [0.2, 0.25) is 11.7 Å². The molecule has 3 amide bonds. The Balaban J connectivity index is 1.44. The van der Waals surface area contributed by atoms with Gasteiger partial charge in [-0.1, -0.05) is 18.2 Å². The van der Waals surface area contributed by atoms with Crippen LogP contribution < -0.4 is 14.8 Å². The molecule has 11 heteroatoms. The second kappa shape index (κ2) is 11.7. The summed E-state index contributed by atoms with van der Waals surface area (Å²) < 4.78 is 16.6. The van der Waals surface area contributed by atoms with Crippen LogP contribution in [0.3, 0.4) is 0 Å². The fourth-order valence-electron chi connectivity index (χ4n) is 3.58. The molecule has 1 aromatic heterocycles. The molecule has 0 radical (unpaired) electrons. The first kappa shape index (κ1) is 26.6. The van der Waals surface area contributed by atoms with Crippen LogP contribution in [0.5, 0.6) is 11.5 Å². The molecule has 2 aromatic carbocycles. The summed E-state index contributed by atoms with van der Waals surface area (Å²) in [5.74, 6) is -1.30. The fraction of sp³-hybridized carbons (Fsp3) is 0.185. The number of carboxylic acid groups (broad SMARTS) is 1. The number of hydrogen-bond donors (Lipinski definition) is 2. The number of ether oxygens (including phenoxy) is 2. The minimum absolute atomic E-state index is 0.0177. The Kier molecular flexibility index (Phi) is 8.17. The van der Waals surface area contributed by atoms with Crippen LogP contribution in [0.1, 0.15) is 34.4 Å². The Morgan fingerprint density at radius 2 is 1.89 bits per heavy atom. The van der Waals surface area contributed by atoms with Crippen LogP contribution in [0.25, 0.3) is 6.08 Å². The Morgan fingerprint density at radius 3 is 2.61 bits per heavy atom. The lowest BCUT2D eigenvalue weighted by Crippen LogP contribution is -2.36. The van der Waals surface area contributed by atoms with Crippen LogP contribution in [0.4, 0.5) is 10.5 Å². The summed E-state index contributed by atoms with van der Waals surface area (Å²) in [6.07, 6.45) is 1.54. The number of thioether (sulfide) groups is 1. The second-order valence-corrected chi connectivity index (χ2v) is 9.18. The third-order valence-corrected chi connectivity index (χ3v) is 6.19. The van der Waals surface area contributed by atoms with Crippen molar-refractivity contribution < 1.29 is 38.2 Å². The van der Waals surface area contributed by atoms with Gasteiger partial charge >= 0.3 is 5.97 Å². The first-order chi connectivity index (χ1) is 18.2. The number of carbonyl (C=O) groups excluding carboxylic acids is 3. The summed E-state index contributed by atoms with van der Waals surface area (Å²) in [7, 11) is 0. The van der Waals surface area contributed by atoms with Gasteiger partial charge in [0.1, 0.15) is 18.9 Å². The van der Waals surface area contributed by atoms with E-state index in [4.69, 9.17) is 19.0 Å². The molecule has 1 aliphatic heterocycles. The molecule has 0 saturated carbocycles. The molecule has 3 aromatic rings. The molecule has 2 heterocycles. The number of carboxylic acids is 1. The van der Waals surface area contributed by atoms with E-state index in [2.05, 4.69) is 5.32 Å². The minimum Gasteiger partial charge on any atom is -0.490 e. The largest absolute Gasteiger partial charge is 0.490 e. The molecule has 0 aliphatic carbocycles. The molecule has 38 heavy (non-hydrogen) atoms. The van der Waals surface area contributed by atoms with Crippen LogP contribution in [-0.2, 0) is 16.2 Å². The van der Waals surface area contributed by atoms with Gasteiger partial charge in [-0.15, -0.1) is 0 Å². The monoisotopic (exact) mass is 536 g/mol. The highest BCUT2D eigenvalue weighted by Gasteiger charge is 2.36. The highest BCUT2D eigenvalue weighted by molar-refractivity contribution is 8.18. The predicted octanol–water partition coefficient (Wildman–Crippen LogP) is 4.94. The third-order valence-electron chi connectivity index (χ3n) is 5.28. The van der Waals surface area contributed by atoms with Gasteiger partial charge in [0.05, 0.1) is 11.5 Å². The lowest BCUT2D eigenvalue weighted by molar-refractivity contribution is -0.127. The molecule has 1 saturated heterocycles. The number of anilines is 1. The van der Waals surface area contributed by atoms with Crippen LogP contribution >= 0.6 is 11.8 Å². The number of imide groups is 1. The van der Waals surface area contributed by atoms with E-state index in [9.17, 15) is 19.2 Å². The van der Waals surface area contributed by atoms with E-state index in [-0.39, 0.29) is 17.3 Å². The molecule has 2 N–H and O–H groups in total. The number of aromatic carboxylic acids is 1. The van der Waals surface area contributed by atoms with E-state index in [0.29, 0.717) is 35.1 Å². The van der Waals surface area contributed by atoms with E-state index >= 15 is 0 Å². The van der Waals surface area contributed by atoms with Gasteiger partial charge in [0.15, 0.2) is 11.5 Å². The Labute approximate surface area is 222 Å². The number of carbonyl (C=O) groups is 4. The van der Waals surface area contributed by atoms with Crippen LogP contribution in [0, 0.1) is 6.92 Å². The topological polar surface area (TPSA) is 135 Å². The Morgan fingerprint density at radius 1 is 1.08 bits per heavy atom. The van der Waals surface area contributed by atoms with Gasteiger partial charge in [-0.3, -0.25) is 19.3 Å². The van der Waals surface area contributed by atoms with Crippen molar-refractivity contribution >= 4 is 46.5 Å². The molecule has 0 spiro atoms. The third kappa shape index (κ3) is 6.43. The van der Waals surface area contributed by atoms with Crippen LogP contribution in [-0.4, -0.2) is 46.2 Å². The summed E-state index contributed by atoms with van der Waals surface area (Å²) in [6.45, 7) is 3.62. The van der Waals surface area contributed by atoms with E-state index in [0.717, 1.165) is 22.2 Å². The lowest BCUT2D eigenvalue weighted by Gasteiger charge is -2.13. The number of amides is 3. The van der Waals surface area contributed by atoms with Crippen molar-refractivity contribution in [1.82, 2.24) is 4.90 Å². The molecular weight excluding hydrogens is 512 g/mol. The van der Waals surface area contributed by atoms with Crippen molar-refractivity contribution in [1.29, 1.82) is 0 Å². The van der Waals surface area contributed by atoms with E-state index in [1.54, 1.807) is 49.4 Å². The number of aryl methyl sites for hydroxylation is 1. The number of furan rings is 1. The summed E-state index contributed by atoms with van der Waals surface area (Å²) >= 11 is 0.749. The number of nitrogens with zero attached hydrogens (tertiary/aromatic N) is 1. The van der Waals surface area contributed by atoms with Crippen molar-refractivity contribution in [3.05, 3.63) is 82.1 Å². The highest BCUT2D eigenvalue weighted by Crippen LogP contribution is 2.35. The molecule has 4 rings (SSSR count). The van der Waals surface area contributed by atoms with Crippen molar-refractivity contribution in [2.45, 2.75) is 20.5 Å².